The highest BCUT2D eigenvalue weighted by Crippen LogP contribution is 2.40. The molecule has 1 atom stereocenters. The molecule has 1 aliphatic heterocycles. The fraction of sp³-hybridized carbons (Fsp3) is 0.280. The number of ketones is 1. The van der Waals surface area contributed by atoms with Crippen molar-refractivity contribution in [3.63, 3.8) is 0 Å². The smallest absolute Gasteiger partial charge is 0.295 e. The van der Waals surface area contributed by atoms with E-state index >= 15 is 0 Å². The summed E-state index contributed by atoms with van der Waals surface area (Å²) in [7, 11) is 1.57. The minimum absolute atomic E-state index is 0.0889. The predicted octanol–water partition coefficient (Wildman–Crippen LogP) is 4.48. The van der Waals surface area contributed by atoms with Crippen LogP contribution in [-0.4, -0.2) is 42.0 Å². The lowest BCUT2D eigenvalue weighted by molar-refractivity contribution is -0.139. The van der Waals surface area contributed by atoms with Gasteiger partial charge in [-0.1, -0.05) is 38.1 Å². The normalized spacial score (nSPS) is 17.6. The van der Waals surface area contributed by atoms with Crippen LogP contribution in [0.15, 0.2) is 66.8 Å². The number of ether oxygens (including phenoxy) is 2. The van der Waals surface area contributed by atoms with Gasteiger partial charge in [-0.05, 0) is 48.4 Å². The van der Waals surface area contributed by atoms with E-state index in [1.54, 1.807) is 54.5 Å². The minimum atomic E-state index is -0.679. The average molecular weight is 421 g/mol. The highest BCUT2D eigenvalue weighted by molar-refractivity contribution is 6.46. The molecule has 2 aromatic rings. The van der Waals surface area contributed by atoms with Crippen molar-refractivity contribution in [1.82, 2.24) is 4.90 Å². The number of nitrogens with zero attached hydrogens (tertiary/aromatic N) is 1. The third kappa shape index (κ3) is 4.63. The van der Waals surface area contributed by atoms with E-state index in [9.17, 15) is 14.7 Å². The Morgan fingerprint density at radius 1 is 1.10 bits per heavy atom. The van der Waals surface area contributed by atoms with Crippen LogP contribution < -0.4 is 9.47 Å². The molecule has 31 heavy (non-hydrogen) atoms. The number of likely N-dealkylation sites (tertiary alicyclic amines) is 1. The first-order valence-electron chi connectivity index (χ1n) is 10.3. The zero-order valence-electron chi connectivity index (χ0n) is 17.8. The van der Waals surface area contributed by atoms with Gasteiger partial charge >= 0.3 is 0 Å². The van der Waals surface area contributed by atoms with Crippen molar-refractivity contribution in [2.75, 3.05) is 20.3 Å². The van der Waals surface area contributed by atoms with E-state index in [2.05, 4.69) is 6.58 Å². The van der Waals surface area contributed by atoms with Gasteiger partial charge in [-0.25, -0.2) is 0 Å². The molecule has 162 valence electrons. The van der Waals surface area contributed by atoms with E-state index in [1.807, 2.05) is 19.1 Å². The second-order valence-electron chi connectivity index (χ2n) is 7.24. The molecular weight excluding hydrogens is 394 g/mol. The van der Waals surface area contributed by atoms with Crippen molar-refractivity contribution in [1.29, 1.82) is 0 Å². The van der Waals surface area contributed by atoms with Crippen LogP contribution in [0.3, 0.4) is 0 Å². The summed E-state index contributed by atoms with van der Waals surface area (Å²) in [4.78, 5) is 27.3. The van der Waals surface area contributed by atoms with E-state index in [0.29, 0.717) is 30.2 Å². The fourth-order valence-electron chi connectivity index (χ4n) is 3.59. The molecule has 1 amide bonds. The third-order valence-electron chi connectivity index (χ3n) is 5.22. The van der Waals surface area contributed by atoms with Gasteiger partial charge in [-0.3, -0.25) is 9.59 Å². The number of carbonyl (C=O) groups excluding carboxylic acids is 2. The molecule has 2 aromatic carbocycles. The van der Waals surface area contributed by atoms with Crippen LogP contribution in [0.25, 0.3) is 5.76 Å². The summed E-state index contributed by atoms with van der Waals surface area (Å²) in [6.07, 6.45) is 3.28. The monoisotopic (exact) mass is 421 g/mol. The Morgan fingerprint density at radius 2 is 1.74 bits per heavy atom. The zero-order chi connectivity index (χ0) is 22.4. The summed E-state index contributed by atoms with van der Waals surface area (Å²) in [5, 5.41) is 11.0. The van der Waals surface area contributed by atoms with Crippen LogP contribution in [-0.2, 0) is 9.59 Å². The Morgan fingerprint density at radius 3 is 2.32 bits per heavy atom. The Hall–Kier alpha value is -3.54. The number of Topliss-reactive ketones (excluding diaryl/α,β-unsaturated/α-hetero) is 1. The standard InChI is InChI=1S/C25H27NO5/c1-4-6-15-26-22(17-7-11-19(30-3)12-8-17)21(24(28)25(26)29)23(27)18-9-13-20(14-10-18)31-16-5-2/h5,7-14,22,27H,2,4,6,15-16H2,1,3H3/t22-/m1/s1. The molecule has 0 unspecified atom stereocenters. The van der Waals surface area contributed by atoms with E-state index in [-0.39, 0.29) is 11.3 Å². The molecule has 0 aliphatic carbocycles. The second-order valence-corrected chi connectivity index (χ2v) is 7.24. The number of benzene rings is 2. The SMILES string of the molecule is C=CCOc1ccc(C(O)=C2C(=O)C(=O)N(CCCC)[C@@H]2c2ccc(OC)cc2)cc1. The van der Waals surface area contributed by atoms with Crippen molar-refractivity contribution < 1.29 is 24.2 Å². The summed E-state index contributed by atoms with van der Waals surface area (Å²) in [5.41, 5.74) is 1.27. The minimum Gasteiger partial charge on any atom is -0.507 e. The maximum Gasteiger partial charge on any atom is 0.295 e. The average Bonchev–Trinajstić information content (AvgIpc) is 3.06. The molecule has 1 saturated heterocycles. The van der Waals surface area contributed by atoms with Crippen molar-refractivity contribution in [2.24, 2.45) is 0 Å². The van der Waals surface area contributed by atoms with Crippen LogP contribution in [0.5, 0.6) is 11.5 Å². The quantitative estimate of drug-likeness (QED) is 0.280. The number of rotatable bonds is 9. The molecule has 0 aromatic heterocycles. The Balaban J connectivity index is 2.05. The summed E-state index contributed by atoms with van der Waals surface area (Å²) >= 11 is 0. The Kier molecular flexibility index (Phi) is 7.13. The summed E-state index contributed by atoms with van der Waals surface area (Å²) < 4.78 is 10.7. The lowest BCUT2D eigenvalue weighted by Gasteiger charge is -2.25. The van der Waals surface area contributed by atoms with Crippen LogP contribution in [0.2, 0.25) is 0 Å². The third-order valence-corrected chi connectivity index (χ3v) is 5.22. The molecule has 1 fully saturated rings. The fourth-order valence-corrected chi connectivity index (χ4v) is 3.59. The van der Waals surface area contributed by atoms with Crippen LogP contribution in [0, 0.1) is 0 Å². The molecule has 1 aliphatic rings. The number of unbranched alkanes of at least 4 members (excludes halogenated alkanes) is 1. The van der Waals surface area contributed by atoms with E-state index in [4.69, 9.17) is 9.47 Å². The molecule has 0 radical (unpaired) electrons. The maximum atomic E-state index is 12.9. The van der Waals surface area contributed by atoms with E-state index in [1.165, 1.54) is 0 Å². The summed E-state index contributed by atoms with van der Waals surface area (Å²) in [6.45, 7) is 6.43. The van der Waals surface area contributed by atoms with Gasteiger partial charge in [-0.2, -0.15) is 0 Å². The molecule has 0 bridgehead atoms. The molecule has 6 nitrogen and oxygen atoms in total. The molecule has 3 rings (SSSR count). The summed E-state index contributed by atoms with van der Waals surface area (Å²) in [5.74, 6) is -0.187. The Labute approximate surface area is 182 Å². The number of hydrogen-bond acceptors (Lipinski definition) is 5. The maximum absolute atomic E-state index is 12.9. The Bertz CT molecular complexity index is 976. The van der Waals surface area contributed by atoms with Crippen molar-refractivity contribution in [3.05, 3.63) is 77.9 Å². The van der Waals surface area contributed by atoms with Crippen LogP contribution >= 0.6 is 0 Å². The number of carbonyl (C=O) groups is 2. The molecule has 6 heteroatoms. The van der Waals surface area contributed by atoms with E-state index < -0.39 is 17.7 Å². The van der Waals surface area contributed by atoms with Gasteiger partial charge in [0.05, 0.1) is 18.7 Å². The van der Waals surface area contributed by atoms with Gasteiger partial charge in [0.15, 0.2) is 0 Å². The van der Waals surface area contributed by atoms with Crippen LogP contribution in [0.1, 0.15) is 36.9 Å². The van der Waals surface area contributed by atoms with Gasteiger partial charge in [0.1, 0.15) is 23.9 Å². The lowest BCUT2D eigenvalue weighted by Crippen LogP contribution is -2.30. The second kappa shape index (κ2) is 9.98. The van der Waals surface area contributed by atoms with Gasteiger partial charge in [-0.15, -0.1) is 0 Å². The molecule has 0 saturated carbocycles. The van der Waals surface area contributed by atoms with Gasteiger partial charge < -0.3 is 19.5 Å². The molecule has 1 heterocycles. The first-order valence-corrected chi connectivity index (χ1v) is 10.3. The van der Waals surface area contributed by atoms with Crippen molar-refractivity contribution >= 4 is 17.4 Å². The van der Waals surface area contributed by atoms with Crippen molar-refractivity contribution in [3.8, 4) is 11.5 Å². The highest BCUT2D eigenvalue weighted by atomic mass is 16.5. The lowest BCUT2D eigenvalue weighted by atomic mass is 9.95. The zero-order valence-corrected chi connectivity index (χ0v) is 17.8. The number of methoxy groups -OCH3 is 1. The highest BCUT2D eigenvalue weighted by Gasteiger charge is 2.45. The largest absolute Gasteiger partial charge is 0.507 e. The molecule has 1 N–H and O–H groups in total. The van der Waals surface area contributed by atoms with Gasteiger partial charge in [0.25, 0.3) is 11.7 Å². The number of aliphatic hydroxyl groups is 1. The van der Waals surface area contributed by atoms with Gasteiger partial charge in [0.2, 0.25) is 0 Å². The first kappa shape index (κ1) is 22.2. The van der Waals surface area contributed by atoms with Crippen LogP contribution in [0.4, 0.5) is 0 Å². The van der Waals surface area contributed by atoms with E-state index in [0.717, 1.165) is 18.4 Å². The topological polar surface area (TPSA) is 76.1 Å². The van der Waals surface area contributed by atoms with Crippen molar-refractivity contribution in [2.45, 2.75) is 25.8 Å². The number of aliphatic hydroxyl groups excluding tert-OH is 1. The summed E-state index contributed by atoms with van der Waals surface area (Å²) in [6, 6.07) is 13.3. The predicted molar refractivity (Wildman–Crippen MR) is 119 cm³/mol. The molecular formula is C25H27NO5. The van der Waals surface area contributed by atoms with Gasteiger partial charge in [0, 0.05) is 12.1 Å². The molecule has 0 spiro atoms. The number of amides is 1. The number of hydrogen-bond donors (Lipinski definition) is 1. The first-order chi connectivity index (χ1) is 15.0.